The second-order valence-electron chi connectivity index (χ2n) is 9.62. The maximum Gasteiger partial charge on any atom is 0.314 e. The van der Waals surface area contributed by atoms with Gasteiger partial charge < -0.3 is 24.1 Å². The van der Waals surface area contributed by atoms with Crippen LogP contribution < -0.4 is 9.47 Å². The minimum Gasteiger partial charge on any atom is -0.508 e. The lowest BCUT2D eigenvalue weighted by Crippen LogP contribution is -2.15. The molecule has 0 aliphatic heterocycles. The molecule has 3 aromatic carbocycles. The summed E-state index contributed by atoms with van der Waals surface area (Å²) in [6, 6.07) is 21.1. The van der Waals surface area contributed by atoms with E-state index in [0.29, 0.717) is 36.5 Å². The Balaban J connectivity index is 0.000000404. The molecule has 2 atom stereocenters. The summed E-state index contributed by atoms with van der Waals surface area (Å²) in [6.07, 6.45) is 2.40. The van der Waals surface area contributed by atoms with E-state index in [1.54, 1.807) is 26.4 Å². The van der Waals surface area contributed by atoms with Gasteiger partial charge in [0.1, 0.15) is 17.2 Å². The monoisotopic (exact) mass is 536 g/mol. The number of benzene rings is 3. The van der Waals surface area contributed by atoms with Crippen molar-refractivity contribution >= 4 is 5.97 Å². The molecule has 3 aromatic rings. The number of carbonyl (C=O) groups excluding carboxylic acids is 1. The standard InChI is InChI=1S/C23H30O5.C10H14O/c1-5-17(2)18-9-11-21(12-10-18)27-14-13-22(24)28-23-19(15-25-3)7-6-8-20(23)16-26-4;1-3-8(2)9-4-6-10(11)7-5-9/h6-12,17H,5,13-16H2,1-4H3;4-8,11H,3H2,1-2H3. The number of carbonyl (C=O) groups is 1. The van der Waals surface area contributed by atoms with Crippen molar-refractivity contribution in [1.82, 2.24) is 0 Å². The Morgan fingerprint density at radius 3 is 1.72 bits per heavy atom. The SMILES string of the molecule is CCC(C)c1ccc(O)cc1.CCC(C)c1ccc(OCCC(=O)Oc2c(COC)cccc2COC)cc1. The predicted molar refractivity (Wildman–Crippen MR) is 156 cm³/mol. The van der Waals surface area contributed by atoms with E-state index in [4.69, 9.17) is 24.1 Å². The minimum absolute atomic E-state index is 0.154. The first-order valence-corrected chi connectivity index (χ1v) is 13.6. The van der Waals surface area contributed by atoms with Crippen molar-refractivity contribution in [3.63, 3.8) is 0 Å². The number of methoxy groups -OCH3 is 2. The molecule has 0 saturated carbocycles. The highest BCUT2D eigenvalue weighted by atomic mass is 16.5. The van der Waals surface area contributed by atoms with Gasteiger partial charge in [0.25, 0.3) is 0 Å². The molecule has 0 fully saturated rings. The Labute approximate surface area is 233 Å². The van der Waals surface area contributed by atoms with Crippen LogP contribution in [-0.4, -0.2) is 31.9 Å². The third kappa shape index (κ3) is 10.7. The summed E-state index contributed by atoms with van der Waals surface area (Å²) in [5.41, 5.74) is 4.21. The maximum atomic E-state index is 12.3. The molecule has 3 rings (SSSR count). The van der Waals surface area contributed by atoms with Crippen molar-refractivity contribution in [2.75, 3.05) is 20.8 Å². The summed E-state index contributed by atoms with van der Waals surface area (Å²) in [4.78, 5) is 12.3. The van der Waals surface area contributed by atoms with Crippen LogP contribution in [0.2, 0.25) is 0 Å². The molecule has 2 unspecified atom stereocenters. The molecule has 0 heterocycles. The lowest BCUT2D eigenvalue weighted by Gasteiger charge is -2.14. The zero-order valence-corrected chi connectivity index (χ0v) is 24.2. The molecule has 0 aromatic heterocycles. The normalized spacial score (nSPS) is 12.2. The summed E-state index contributed by atoms with van der Waals surface area (Å²) < 4.78 is 21.7. The number of esters is 1. The van der Waals surface area contributed by atoms with Gasteiger partial charge in [0.2, 0.25) is 0 Å². The molecule has 0 spiro atoms. The van der Waals surface area contributed by atoms with Crippen LogP contribution in [0.15, 0.2) is 66.7 Å². The largest absolute Gasteiger partial charge is 0.508 e. The van der Waals surface area contributed by atoms with Crippen molar-refractivity contribution in [2.24, 2.45) is 0 Å². The van der Waals surface area contributed by atoms with Crippen LogP contribution in [0.4, 0.5) is 0 Å². The Morgan fingerprint density at radius 1 is 0.769 bits per heavy atom. The summed E-state index contributed by atoms with van der Waals surface area (Å²) in [6.45, 7) is 9.70. The van der Waals surface area contributed by atoms with E-state index < -0.39 is 0 Å². The molecule has 0 aliphatic carbocycles. The first-order valence-electron chi connectivity index (χ1n) is 13.6. The van der Waals surface area contributed by atoms with Crippen LogP contribution in [0.1, 0.15) is 81.0 Å². The number of ether oxygens (including phenoxy) is 4. The molecule has 212 valence electrons. The molecule has 6 nitrogen and oxygen atoms in total. The van der Waals surface area contributed by atoms with E-state index in [2.05, 4.69) is 39.8 Å². The first kappa shape index (κ1) is 31.9. The number of rotatable bonds is 13. The summed E-state index contributed by atoms with van der Waals surface area (Å²) in [5, 5.41) is 9.01. The zero-order chi connectivity index (χ0) is 28.6. The van der Waals surface area contributed by atoms with Gasteiger partial charge in [-0.15, -0.1) is 0 Å². The van der Waals surface area contributed by atoms with Gasteiger partial charge in [0, 0.05) is 25.3 Å². The van der Waals surface area contributed by atoms with Crippen LogP contribution in [0.3, 0.4) is 0 Å². The Bertz CT molecular complexity index is 1080. The van der Waals surface area contributed by atoms with Crippen LogP contribution >= 0.6 is 0 Å². The number of phenols is 1. The Hall–Kier alpha value is -3.35. The molecule has 0 amide bonds. The molecular weight excluding hydrogens is 492 g/mol. The fraction of sp³-hybridized carbons (Fsp3) is 0.424. The zero-order valence-electron chi connectivity index (χ0n) is 24.2. The van der Waals surface area contributed by atoms with E-state index >= 15 is 0 Å². The highest BCUT2D eigenvalue weighted by Crippen LogP contribution is 2.26. The third-order valence-corrected chi connectivity index (χ3v) is 6.70. The summed E-state index contributed by atoms with van der Waals surface area (Å²) in [7, 11) is 3.21. The Kier molecular flexibility index (Phi) is 14.1. The molecule has 0 saturated heterocycles. The van der Waals surface area contributed by atoms with Gasteiger partial charge in [0.15, 0.2) is 0 Å². The molecule has 0 radical (unpaired) electrons. The number of para-hydroxylation sites is 1. The van der Waals surface area contributed by atoms with Gasteiger partial charge in [-0.1, -0.05) is 70.2 Å². The quantitative estimate of drug-likeness (QED) is 0.178. The average Bonchev–Trinajstić information content (AvgIpc) is 2.95. The predicted octanol–water partition coefficient (Wildman–Crippen LogP) is 7.77. The molecular formula is C33H44O6. The van der Waals surface area contributed by atoms with Gasteiger partial charge in [0.05, 0.1) is 26.2 Å². The second-order valence-corrected chi connectivity index (χ2v) is 9.62. The van der Waals surface area contributed by atoms with Crippen LogP contribution in [-0.2, 0) is 27.5 Å². The van der Waals surface area contributed by atoms with E-state index in [0.717, 1.165) is 29.7 Å². The van der Waals surface area contributed by atoms with Crippen LogP contribution in [0.25, 0.3) is 0 Å². The van der Waals surface area contributed by atoms with E-state index in [-0.39, 0.29) is 19.0 Å². The fourth-order valence-corrected chi connectivity index (χ4v) is 3.89. The highest BCUT2D eigenvalue weighted by Gasteiger charge is 2.14. The van der Waals surface area contributed by atoms with Crippen molar-refractivity contribution in [3.05, 3.63) is 89.0 Å². The number of hydrogen-bond donors (Lipinski definition) is 1. The van der Waals surface area contributed by atoms with E-state index in [1.165, 1.54) is 11.1 Å². The molecule has 6 heteroatoms. The molecule has 0 aliphatic rings. The topological polar surface area (TPSA) is 74.2 Å². The summed E-state index contributed by atoms with van der Waals surface area (Å²) >= 11 is 0. The number of hydrogen-bond acceptors (Lipinski definition) is 6. The van der Waals surface area contributed by atoms with Crippen LogP contribution in [0.5, 0.6) is 17.2 Å². The van der Waals surface area contributed by atoms with Gasteiger partial charge in [-0.05, 0) is 60.1 Å². The van der Waals surface area contributed by atoms with E-state index in [1.807, 2.05) is 42.5 Å². The van der Waals surface area contributed by atoms with Crippen molar-refractivity contribution in [1.29, 1.82) is 0 Å². The lowest BCUT2D eigenvalue weighted by atomic mass is 9.99. The molecule has 39 heavy (non-hydrogen) atoms. The number of phenolic OH excluding ortho intramolecular Hbond substituents is 1. The van der Waals surface area contributed by atoms with Gasteiger partial charge in [-0.2, -0.15) is 0 Å². The molecule has 1 N–H and O–H groups in total. The van der Waals surface area contributed by atoms with Gasteiger partial charge in [-0.25, -0.2) is 0 Å². The van der Waals surface area contributed by atoms with Crippen molar-refractivity contribution in [3.8, 4) is 17.2 Å². The maximum absolute atomic E-state index is 12.3. The smallest absolute Gasteiger partial charge is 0.314 e. The highest BCUT2D eigenvalue weighted by molar-refractivity contribution is 5.73. The van der Waals surface area contributed by atoms with Gasteiger partial charge >= 0.3 is 5.97 Å². The molecule has 0 bridgehead atoms. The second kappa shape index (κ2) is 17.3. The minimum atomic E-state index is -0.350. The first-order chi connectivity index (χ1) is 18.8. The Morgan fingerprint density at radius 2 is 1.26 bits per heavy atom. The lowest BCUT2D eigenvalue weighted by molar-refractivity contribution is -0.135. The van der Waals surface area contributed by atoms with Crippen molar-refractivity contribution in [2.45, 2.75) is 72.0 Å². The number of aromatic hydroxyl groups is 1. The fourth-order valence-electron chi connectivity index (χ4n) is 3.89. The van der Waals surface area contributed by atoms with E-state index in [9.17, 15) is 4.79 Å². The average molecular weight is 537 g/mol. The van der Waals surface area contributed by atoms with Gasteiger partial charge in [-0.3, -0.25) is 4.79 Å². The van der Waals surface area contributed by atoms with Crippen LogP contribution in [0, 0.1) is 0 Å². The van der Waals surface area contributed by atoms with Crippen molar-refractivity contribution < 1.29 is 28.8 Å². The third-order valence-electron chi connectivity index (χ3n) is 6.70. The summed E-state index contributed by atoms with van der Waals surface area (Å²) in [5.74, 6) is 2.37.